The van der Waals surface area contributed by atoms with E-state index in [1.165, 1.54) is 0 Å². The largest absolute Gasteiger partial charge is 0.506 e. The molecule has 0 saturated carbocycles. The highest BCUT2D eigenvalue weighted by molar-refractivity contribution is 9.10. The first-order valence-corrected chi connectivity index (χ1v) is 4.77. The van der Waals surface area contributed by atoms with Crippen molar-refractivity contribution in [1.82, 2.24) is 0 Å². The van der Waals surface area contributed by atoms with Crippen LogP contribution in [0.2, 0.25) is 0 Å². The molecule has 70 valence electrons. The summed E-state index contributed by atoms with van der Waals surface area (Å²) in [5.74, 6) is 0.365. The molecule has 0 heterocycles. The van der Waals surface area contributed by atoms with Gasteiger partial charge in [-0.15, -0.1) is 0 Å². The summed E-state index contributed by atoms with van der Waals surface area (Å²) in [7, 11) is 0. The molecule has 2 nitrogen and oxygen atoms in total. The molecule has 0 bridgehead atoms. The van der Waals surface area contributed by atoms with Crippen LogP contribution in [0.1, 0.15) is 18.1 Å². The molecule has 0 radical (unpaired) electrons. The number of hydrogen-bond donors (Lipinski definition) is 1. The number of halogens is 1. The Labute approximate surface area is 85.7 Å². The molecule has 0 spiro atoms. The van der Waals surface area contributed by atoms with Gasteiger partial charge in [-0.25, -0.2) is 0 Å². The quantitative estimate of drug-likeness (QED) is 0.866. The number of phenols is 1. The molecule has 0 aromatic heterocycles. The zero-order chi connectivity index (χ0) is 10.0. The normalized spacial score (nSPS) is 10.1. The Bertz CT molecular complexity index is 322. The van der Waals surface area contributed by atoms with Crippen molar-refractivity contribution in [2.24, 2.45) is 0 Å². The van der Waals surface area contributed by atoms with E-state index in [0.717, 1.165) is 11.1 Å². The molecule has 1 aromatic rings. The Morgan fingerprint density at radius 2 is 2.15 bits per heavy atom. The number of ketones is 1. The highest BCUT2D eigenvalue weighted by atomic mass is 79.9. The number of benzene rings is 1. The minimum Gasteiger partial charge on any atom is -0.506 e. The topological polar surface area (TPSA) is 37.3 Å². The summed E-state index contributed by atoms with van der Waals surface area (Å²) < 4.78 is 0.642. The number of rotatable bonds is 2. The molecule has 0 amide bonds. The van der Waals surface area contributed by atoms with Crippen LogP contribution in [-0.2, 0) is 11.2 Å². The van der Waals surface area contributed by atoms with Crippen molar-refractivity contribution in [3.8, 4) is 5.75 Å². The highest BCUT2D eigenvalue weighted by Gasteiger charge is 2.05. The van der Waals surface area contributed by atoms with Crippen molar-refractivity contribution in [3.63, 3.8) is 0 Å². The lowest BCUT2D eigenvalue weighted by Crippen LogP contribution is -1.96. The van der Waals surface area contributed by atoms with Gasteiger partial charge in [0.1, 0.15) is 11.5 Å². The smallest absolute Gasteiger partial charge is 0.134 e. The van der Waals surface area contributed by atoms with Crippen molar-refractivity contribution in [2.75, 3.05) is 0 Å². The first kappa shape index (κ1) is 10.3. The molecular weight excluding hydrogens is 232 g/mol. The number of Topliss-reactive ketones (excluding diaryl/α,β-unsaturated/α-hetero) is 1. The van der Waals surface area contributed by atoms with E-state index in [1.807, 2.05) is 13.0 Å². The van der Waals surface area contributed by atoms with Gasteiger partial charge in [-0.2, -0.15) is 0 Å². The van der Waals surface area contributed by atoms with Gasteiger partial charge < -0.3 is 5.11 Å². The van der Waals surface area contributed by atoms with E-state index in [4.69, 9.17) is 0 Å². The Hall–Kier alpha value is -0.830. The van der Waals surface area contributed by atoms with Gasteiger partial charge in [0.2, 0.25) is 0 Å². The molecule has 3 heteroatoms. The van der Waals surface area contributed by atoms with Crippen LogP contribution in [0.25, 0.3) is 0 Å². The maximum Gasteiger partial charge on any atom is 0.134 e. The molecule has 0 atom stereocenters. The molecule has 0 unspecified atom stereocenters. The van der Waals surface area contributed by atoms with Crippen molar-refractivity contribution in [3.05, 3.63) is 27.7 Å². The van der Waals surface area contributed by atoms with Gasteiger partial charge >= 0.3 is 0 Å². The second kappa shape index (κ2) is 3.92. The molecular formula is C10H11BrO2. The van der Waals surface area contributed by atoms with E-state index >= 15 is 0 Å². The fraction of sp³-hybridized carbons (Fsp3) is 0.300. The van der Waals surface area contributed by atoms with Gasteiger partial charge in [0.15, 0.2) is 0 Å². The lowest BCUT2D eigenvalue weighted by Gasteiger charge is -2.04. The highest BCUT2D eigenvalue weighted by Crippen LogP contribution is 2.28. The molecule has 1 N–H and O–H groups in total. The summed E-state index contributed by atoms with van der Waals surface area (Å²) in [5, 5.41) is 9.43. The molecule has 0 fully saturated rings. The summed E-state index contributed by atoms with van der Waals surface area (Å²) in [5.41, 5.74) is 1.71. The predicted molar refractivity (Wildman–Crippen MR) is 54.9 cm³/mol. The van der Waals surface area contributed by atoms with Crippen LogP contribution in [0, 0.1) is 6.92 Å². The third-order valence-corrected chi connectivity index (χ3v) is 2.37. The van der Waals surface area contributed by atoms with Crippen molar-refractivity contribution in [1.29, 1.82) is 0 Å². The number of phenolic OH excluding ortho intramolecular Hbond substituents is 1. The average Bonchev–Trinajstić information content (AvgIpc) is 1.98. The first-order chi connectivity index (χ1) is 6.00. The Balaban J connectivity index is 3.06. The van der Waals surface area contributed by atoms with E-state index in [-0.39, 0.29) is 11.5 Å². The standard InChI is InChI=1S/C10H11BrO2/c1-6-3-8(4-7(2)12)5-9(11)10(6)13/h3,5,13H,4H2,1-2H3. The molecule has 1 aromatic carbocycles. The molecule has 0 aliphatic heterocycles. The van der Waals surface area contributed by atoms with Gasteiger partial charge in [-0.3, -0.25) is 4.79 Å². The predicted octanol–water partition coefficient (Wildman–Crippen LogP) is 2.59. The second-order valence-electron chi connectivity index (χ2n) is 3.12. The summed E-state index contributed by atoms with van der Waals surface area (Å²) in [6.45, 7) is 3.36. The van der Waals surface area contributed by atoms with Crippen molar-refractivity contribution >= 4 is 21.7 Å². The molecule has 0 aliphatic rings. The molecule has 13 heavy (non-hydrogen) atoms. The number of aromatic hydroxyl groups is 1. The van der Waals surface area contributed by atoms with Crippen LogP contribution >= 0.6 is 15.9 Å². The van der Waals surface area contributed by atoms with Crippen LogP contribution in [0.4, 0.5) is 0 Å². The number of carbonyl (C=O) groups is 1. The van der Waals surface area contributed by atoms with Crippen molar-refractivity contribution < 1.29 is 9.90 Å². The molecule has 0 aliphatic carbocycles. The van der Waals surface area contributed by atoms with Crippen LogP contribution in [0.3, 0.4) is 0 Å². The maximum absolute atomic E-state index is 10.8. The minimum absolute atomic E-state index is 0.122. The Kier molecular flexibility index (Phi) is 3.09. The zero-order valence-corrected chi connectivity index (χ0v) is 9.18. The third-order valence-electron chi connectivity index (χ3n) is 1.77. The van der Waals surface area contributed by atoms with Crippen LogP contribution < -0.4 is 0 Å². The average molecular weight is 243 g/mol. The SMILES string of the molecule is CC(=O)Cc1cc(C)c(O)c(Br)c1. The summed E-state index contributed by atoms with van der Waals surface area (Å²) in [6, 6.07) is 3.59. The van der Waals surface area contributed by atoms with E-state index < -0.39 is 0 Å². The Morgan fingerprint density at radius 1 is 1.54 bits per heavy atom. The number of carbonyl (C=O) groups excluding carboxylic acids is 1. The fourth-order valence-electron chi connectivity index (χ4n) is 1.20. The molecule has 1 rings (SSSR count). The van der Waals surface area contributed by atoms with Gasteiger partial charge in [0.25, 0.3) is 0 Å². The maximum atomic E-state index is 10.8. The molecule has 0 saturated heterocycles. The van der Waals surface area contributed by atoms with E-state index in [0.29, 0.717) is 10.9 Å². The van der Waals surface area contributed by atoms with E-state index in [9.17, 15) is 9.90 Å². The fourth-order valence-corrected chi connectivity index (χ4v) is 1.80. The van der Waals surface area contributed by atoms with Gasteiger partial charge in [0.05, 0.1) is 4.47 Å². The Morgan fingerprint density at radius 3 is 2.62 bits per heavy atom. The number of aryl methyl sites for hydroxylation is 1. The number of hydrogen-bond acceptors (Lipinski definition) is 2. The van der Waals surface area contributed by atoms with Crippen LogP contribution in [-0.4, -0.2) is 10.9 Å². The van der Waals surface area contributed by atoms with Gasteiger partial charge in [0, 0.05) is 6.42 Å². The second-order valence-corrected chi connectivity index (χ2v) is 3.98. The van der Waals surface area contributed by atoms with Crippen molar-refractivity contribution in [2.45, 2.75) is 20.3 Å². The zero-order valence-electron chi connectivity index (χ0n) is 7.60. The summed E-state index contributed by atoms with van der Waals surface area (Å²) in [6.07, 6.45) is 0.416. The lowest BCUT2D eigenvalue weighted by molar-refractivity contribution is -0.116. The monoisotopic (exact) mass is 242 g/mol. The van der Waals surface area contributed by atoms with Crippen LogP contribution in [0.5, 0.6) is 5.75 Å². The van der Waals surface area contributed by atoms with E-state index in [2.05, 4.69) is 15.9 Å². The summed E-state index contributed by atoms with van der Waals surface area (Å²) >= 11 is 3.23. The lowest BCUT2D eigenvalue weighted by atomic mass is 10.1. The first-order valence-electron chi connectivity index (χ1n) is 3.98. The van der Waals surface area contributed by atoms with Gasteiger partial charge in [-0.1, -0.05) is 6.07 Å². The van der Waals surface area contributed by atoms with Crippen LogP contribution in [0.15, 0.2) is 16.6 Å². The summed E-state index contributed by atoms with van der Waals surface area (Å²) in [4.78, 5) is 10.8. The van der Waals surface area contributed by atoms with E-state index in [1.54, 1.807) is 13.0 Å². The third kappa shape index (κ3) is 2.56. The minimum atomic E-state index is 0.122. The van der Waals surface area contributed by atoms with Gasteiger partial charge in [-0.05, 0) is 47.0 Å².